The highest BCUT2D eigenvalue weighted by molar-refractivity contribution is 5.80. The Hall–Kier alpha value is -2.62. The van der Waals surface area contributed by atoms with Crippen LogP contribution in [0.15, 0.2) is 18.2 Å². The number of nitriles is 1. The number of anilines is 1. The normalized spacial score (nSPS) is 9.53. The molecule has 0 unspecified atom stereocenters. The predicted molar refractivity (Wildman–Crippen MR) is 69.6 cm³/mol. The lowest BCUT2D eigenvalue weighted by atomic mass is 10.2. The number of benzene rings is 1. The van der Waals surface area contributed by atoms with Gasteiger partial charge in [0.1, 0.15) is 11.6 Å². The smallest absolute Gasteiger partial charge is 0.287 e. The number of nitrogens with one attached hydrogen (secondary N) is 1. The molecule has 1 N–H and O–H groups in total. The first-order valence-corrected chi connectivity index (χ1v) is 5.66. The number of hydrogen-bond donors (Lipinski definition) is 1. The molecule has 0 fully saturated rings. The van der Waals surface area contributed by atoms with E-state index in [0.717, 1.165) is 0 Å². The molecule has 0 spiro atoms. The molecule has 0 aliphatic rings. The number of likely N-dealkylation sites (N-methyl/N-ethyl adjacent to an activating group) is 1. The summed E-state index contributed by atoms with van der Waals surface area (Å²) < 4.78 is 0. The van der Waals surface area contributed by atoms with Crippen LogP contribution in [0.2, 0.25) is 0 Å². The Kier molecular flexibility index (Phi) is 4.83. The minimum Gasteiger partial charge on any atom is -0.376 e. The van der Waals surface area contributed by atoms with Crippen molar-refractivity contribution in [3.63, 3.8) is 0 Å². The summed E-state index contributed by atoms with van der Waals surface area (Å²) in [5, 5.41) is 22.3. The quantitative estimate of drug-likeness (QED) is 0.638. The van der Waals surface area contributed by atoms with E-state index in [4.69, 9.17) is 5.26 Å². The summed E-state index contributed by atoms with van der Waals surface area (Å²) in [6, 6.07) is 5.84. The Morgan fingerprint density at radius 2 is 2.26 bits per heavy atom. The van der Waals surface area contributed by atoms with Gasteiger partial charge in [0.15, 0.2) is 0 Å². The molecule has 0 heterocycles. The summed E-state index contributed by atoms with van der Waals surface area (Å²) in [6.07, 6.45) is 0. The molecular formula is C12H14N4O3. The second-order valence-electron chi connectivity index (χ2n) is 3.86. The molecular weight excluding hydrogens is 248 g/mol. The molecule has 0 aromatic heterocycles. The van der Waals surface area contributed by atoms with Gasteiger partial charge in [-0.1, -0.05) is 0 Å². The van der Waals surface area contributed by atoms with Crippen molar-refractivity contribution in [1.82, 2.24) is 4.90 Å². The molecule has 1 amide bonds. The van der Waals surface area contributed by atoms with Gasteiger partial charge in [0.2, 0.25) is 5.91 Å². The SMILES string of the molecule is CCN(C)C(=O)CNc1ccc([N+](=O)[O-])c(C#N)c1. The first-order valence-electron chi connectivity index (χ1n) is 5.66. The third-order valence-corrected chi connectivity index (χ3v) is 2.66. The predicted octanol–water partition coefficient (Wildman–Crippen LogP) is 1.36. The van der Waals surface area contributed by atoms with Crippen LogP contribution in [0.5, 0.6) is 0 Å². The number of rotatable bonds is 5. The van der Waals surface area contributed by atoms with Gasteiger partial charge in [0.25, 0.3) is 5.69 Å². The molecule has 19 heavy (non-hydrogen) atoms. The Morgan fingerprint density at radius 1 is 1.58 bits per heavy atom. The van der Waals surface area contributed by atoms with Crippen molar-refractivity contribution in [3.8, 4) is 6.07 Å². The monoisotopic (exact) mass is 262 g/mol. The van der Waals surface area contributed by atoms with Gasteiger partial charge in [-0.05, 0) is 19.1 Å². The highest BCUT2D eigenvalue weighted by Crippen LogP contribution is 2.21. The van der Waals surface area contributed by atoms with Gasteiger partial charge in [-0.15, -0.1) is 0 Å². The van der Waals surface area contributed by atoms with Crippen molar-refractivity contribution in [2.75, 3.05) is 25.5 Å². The third kappa shape index (κ3) is 3.67. The summed E-state index contributed by atoms with van der Waals surface area (Å²) >= 11 is 0. The van der Waals surface area contributed by atoms with Crippen LogP contribution in [0.1, 0.15) is 12.5 Å². The number of nitrogens with zero attached hydrogens (tertiary/aromatic N) is 3. The molecule has 1 rings (SSSR count). The fraction of sp³-hybridized carbons (Fsp3) is 0.333. The van der Waals surface area contributed by atoms with Gasteiger partial charge in [-0.25, -0.2) is 0 Å². The van der Waals surface area contributed by atoms with Crippen LogP contribution >= 0.6 is 0 Å². The van der Waals surface area contributed by atoms with Crippen LogP contribution in [-0.2, 0) is 4.79 Å². The lowest BCUT2D eigenvalue weighted by Gasteiger charge is -2.15. The average molecular weight is 262 g/mol. The number of carbonyl (C=O) groups is 1. The van der Waals surface area contributed by atoms with E-state index in [1.54, 1.807) is 18.0 Å². The number of carbonyl (C=O) groups excluding carboxylic acids is 1. The van der Waals surface area contributed by atoms with Gasteiger partial charge < -0.3 is 10.2 Å². The fourth-order valence-electron chi connectivity index (χ4n) is 1.38. The Morgan fingerprint density at radius 3 is 2.79 bits per heavy atom. The Labute approximate surface area is 110 Å². The van der Waals surface area contributed by atoms with Crippen LogP contribution in [0.25, 0.3) is 0 Å². The number of amides is 1. The van der Waals surface area contributed by atoms with Gasteiger partial charge in [0, 0.05) is 25.3 Å². The first-order chi connectivity index (χ1) is 8.99. The minimum atomic E-state index is -0.613. The van der Waals surface area contributed by atoms with E-state index >= 15 is 0 Å². The van der Waals surface area contributed by atoms with E-state index in [-0.39, 0.29) is 23.7 Å². The molecule has 0 aliphatic heterocycles. The van der Waals surface area contributed by atoms with Gasteiger partial charge in [-0.3, -0.25) is 14.9 Å². The van der Waals surface area contributed by atoms with Gasteiger partial charge in [0.05, 0.1) is 11.5 Å². The maximum atomic E-state index is 11.6. The summed E-state index contributed by atoms with van der Waals surface area (Å²) in [5.41, 5.74) is 0.219. The molecule has 1 aromatic rings. The molecule has 100 valence electrons. The van der Waals surface area contributed by atoms with Crippen LogP contribution in [0.3, 0.4) is 0 Å². The average Bonchev–Trinajstić information content (AvgIpc) is 2.43. The zero-order chi connectivity index (χ0) is 14.4. The minimum absolute atomic E-state index is 0.0358. The van der Waals surface area contributed by atoms with Crippen LogP contribution in [-0.4, -0.2) is 35.9 Å². The standard InChI is InChI=1S/C12H14N4O3/c1-3-15(2)12(17)8-14-10-4-5-11(16(18)19)9(6-10)7-13/h4-6,14H,3,8H2,1-2H3. The van der Waals surface area contributed by atoms with Crippen LogP contribution < -0.4 is 5.32 Å². The van der Waals surface area contributed by atoms with E-state index in [2.05, 4.69) is 5.32 Å². The second-order valence-corrected chi connectivity index (χ2v) is 3.86. The molecule has 0 saturated carbocycles. The van der Waals surface area contributed by atoms with E-state index in [9.17, 15) is 14.9 Å². The second kappa shape index (κ2) is 6.35. The molecule has 0 bridgehead atoms. The number of hydrogen-bond acceptors (Lipinski definition) is 5. The zero-order valence-electron chi connectivity index (χ0n) is 10.7. The largest absolute Gasteiger partial charge is 0.376 e. The molecule has 7 heteroatoms. The van der Waals surface area contributed by atoms with E-state index < -0.39 is 4.92 Å². The van der Waals surface area contributed by atoms with E-state index in [1.807, 2.05) is 6.92 Å². The Bertz CT molecular complexity index is 536. The number of nitro groups is 1. The third-order valence-electron chi connectivity index (χ3n) is 2.66. The maximum Gasteiger partial charge on any atom is 0.287 e. The number of nitro benzene ring substituents is 1. The molecule has 0 atom stereocenters. The van der Waals surface area contributed by atoms with E-state index in [1.165, 1.54) is 18.2 Å². The summed E-state index contributed by atoms with van der Waals surface area (Å²) in [6.45, 7) is 2.54. The van der Waals surface area contributed by atoms with Gasteiger partial charge >= 0.3 is 0 Å². The summed E-state index contributed by atoms with van der Waals surface area (Å²) in [5.74, 6) is -0.0978. The highest BCUT2D eigenvalue weighted by Gasteiger charge is 2.14. The topological polar surface area (TPSA) is 99.3 Å². The van der Waals surface area contributed by atoms with Crippen molar-refractivity contribution < 1.29 is 9.72 Å². The molecule has 1 aromatic carbocycles. The van der Waals surface area contributed by atoms with Crippen molar-refractivity contribution in [2.45, 2.75) is 6.92 Å². The Balaban J connectivity index is 2.79. The zero-order valence-corrected chi connectivity index (χ0v) is 10.7. The molecule has 0 radical (unpaired) electrons. The lowest BCUT2D eigenvalue weighted by Crippen LogP contribution is -2.31. The van der Waals surface area contributed by atoms with Crippen molar-refractivity contribution >= 4 is 17.3 Å². The van der Waals surface area contributed by atoms with Crippen molar-refractivity contribution in [2.24, 2.45) is 0 Å². The fourth-order valence-corrected chi connectivity index (χ4v) is 1.38. The summed E-state index contributed by atoms with van der Waals surface area (Å²) in [7, 11) is 1.68. The molecule has 0 saturated heterocycles. The van der Waals surface area contributed by atoms with Crippen molar-refractivity contribution in [3.05, 3.63) is 33.9 Å². The molecule has 0 aliphatic carbocycles. The van der Waals surface area contributed by atoms with Gasteiger partial charge in [-0.2, -0.15) is 5.26 Å². The summed E-state index contributed by atoms with van der Waals surface area (Å²) in [4.78, 5) is 23.2. The maximum absolute atomic E-state index is 11.6. The molecule has 7 nitrogen and oxygen atoms in total. The van der Waals surface area contributed by atoms with Crippen LogP contribution in [0, 0.1) is 21.4 Å². The first kappa shape index (κ1) is 14.4. The highest BCUT2D eigenvalue weighted by atomic mass is 16.6. The van der Waals surface area contributed by atoms with E-state index in [0.29, 0.717) is 12.2 Å². The van der Waals surface area contributed by atoms with Crippen molar-refractivity contribution in [1.29, 1.82) is 5.26 Å². The van der Waals surface area contributed by atoms with Crippen LogP contribution in [0.4, 0.5) is 11.4 Å². The lowest BCUT2D eigenvalue weighted by molar-refractivity contribution is -0.385.